The number of carbonyl (C=O) groups is 2. The quantitative estimate of drug-likeness (QED) is 0.299. The summed E-state index contributed by atoms with van der Waals surface area (Å²) in [6, 6.07) is 3.82. The molecule has 0 amide bonds. The van der Waals surface area contributed by atoms with Gasteiger partial charge in [0.15, 0.2) is 12.1 Å². The summed E-state index contributed by atoms with van der Waals surface area (Å²) >= 11 is 0. The molecule has 2 aliphatic heterocycles. The van der Waals surface area contributed by atoms with Crippen molar-refractivity contribution in [3.8, 4) is 17.2 Å². The lowest BCUT2D eigenvalue weighted by Gasteiger charge is -2.43. The largest absolute Gasteiger partial charge is 0.507 e. The molecule has 11 nitrogen and oxygen atoms in total. The molecular formula is C29H33NO10. The van der Waals surface area contributed by atoms with Crippen molar-refractivity contribution < 1.29 is 49.3 Å². The standard InChI is InChI=1S/C29H33NO10/c1-2-13-10-18(40-19-11-15(17(32)12-39-19)30-6-8-38-9-7-30)21-22(25(13)33)29(37)23-24(28(21)36)27(35)20-14(26(23)34)4-3-5-16(20)31/h3-5,13,15,17-19,25,31-33,36-37H,2,6-12H2,1H3/t13-,15?,17+,18-,19?,25-/m0/s1. The minimum Gasteiger partial charge on any atom is -0.507 e. The molecule has 214 valence electrons. The lowest BCUT2D eigenvalue weighted by molar-refractivity contribution is -0.234. The maximum absolute atomic E-state index is 13.5. The second kappa shape index (κ2) is 10.4. The van der Waals surface area contributed by atoms with Gasteiger partial charge >= 0.3 is 0 Å². The van der Waals surface area contributed by atoms with E-state index in [2.05, 4.69) is 4.90 Å². The van der Waals surface area contributed by atoms with Crippen molar-refractivity contribution in [3.05, 3.63) is 51.6 Å². The Morgan fingerprint density at radius 1 is 0.950 bits per heavy atom. The van der Waals surface area contributed by atoms with Gasteiger partial charge in [-0.1, -0.05) is 25.5 Å². The molecule has 40 heavy (non-hydrogen) atoms. The third-order valence-corrected chi connectivity index (χ3v) is 8.76. The zero-order valence-electron chi connectivity index (χ0n) is 22.1. The fraction of sp³-hybridized carbons (Fsp3) is 0.517. The van der Waals surface area contributed by atoms with E-state index in [0.29, 0.717) is 39.1 Å². The zero-order chi connectivity index (χ0) is 28.3. The third kappa shape index (κ3) is 4.20. The van der Waals surface area contributed by atoms with Crippen LogP contribution in [0.4, 0.5) is 0 Å². The number of rotatable bonds is 4. The number of phenols is 3. The number of ketones is 2. The third-order valence-electron chi connectivity index (χ3n) is 8.76. The Bertz CT molecular complexity index is 1350. The molecular weight excluding hydrogens is 522 g/mol. The number of aliphatic hydroxyl groups is 2. The molecule has 2 aromatic carbocycles. The summed E-state index contributed by atoms with van der Waals surface area (Å²) < 4.78 is 17.6. The van der Waals surface area contributed by atoms with Crippen LogP contribution in [0, 0.1) is 5.92 Å². The van der Waals surface area contributed by atoms with E-state index >= 15 is 0 Å². The van der Waals surface area contributed by atoms with Crippen molar-refractivity contribution >= 4 is 11.6 Å². The topological polar surface area (TPSA) is 166 Å². The molecule has 0 bridgehead atoms. The van der Waals surface area contributed by atoms with Crippen molar-refractivity contribution in [2.24, 2.45) is 5.92 Å². The van der Waals surface area contributed by atoms with Crippen LogP contribution in [0.1, 0.15) is 81.4 Å². The van der Waals surface area contributed by atoms with E-state index in [1.54, 1.807) is 0 Å². The Balaban J connectivity index is 1.41. The first kappa shape index (κ1) is 27.1. The summed E-state index contributed by atoms with van der Waals surface area (Å²) in [7, 11) is 0. The number of morpholine rings is 1. The van der Waals surface area contributed by atoms with Gasteiger partial charge in [-0.05, 0) is 18.4 Å². The number of fused-ring (bicyclic) bond motifs is 3. The Labute approximate surface area is 230 Å². The molecule has 2 fully saturated rings. The predicted octanol–water partition coefficient (Wildman–Crippen LogP) is 1.91. The van der Waals surface area contributed by atoms with E-state index in [1.807, 2.05) is 6.92 Å². The zero-order valence-corrected chi connectivity index (χ0v) is 22.1. The van der Waals surface area contributed by atoms with Crippen LogP contribution in [0.3, 0.4) is 0 Å². The van der Waals surface area contributed by atoms with Gasteiger partial charge in [0.25, 0.3) is 0 Å². The molecule has 4 aliphatic rings. The molecule has 2 aliphatic carbocycles. The number of carbonyl (C=O) groups excluding carboxylic acids is 2. The Hall–Kier alpha value is -3.06. The van der Waals surface area contributed by atoms with Gasteiger partial charge in [0.05, 0.1) is 54.8 Å². The van der Waals surface area contributed by atoms with Crippen molar-refractivity contribution in [2.75, 3.05) is 32.9 Å². The van der Waals surface area contributed by atoms with E-state index < -0.39 is 64.5 Å². The summed E-state index contributed by atoms with van der Waals surface area (Å²) in [6.07, 6.45) is -2.50. The molecule has 2 saturated heterocycles. The number of phenolic OH excluding ortho intramolecular Hbond substituents is 3. The summed E-state index contributed by atoms with van der Waals surface area (Å²) in [5.74, 6) is -3.50. The first-order valence-electron chi connectivity index (χ1n) is 13.7. The molecule has 0 radical (unpaired) electrons. The molecule has 2 aromatic rings. The average Bonchev–Trinajstić information content (AvgIpc) is 2.95. The lowest BCUT2D eigenvalue weighted by Crippen LogP contribution is -2.55. The Morgan fingerprint density at radius 3 is 2.38 bits per heavy atom. The van der Waals surface area contributed by atoms with Crippen LogP contribution < -0.4 is 0 Å². The van der Waals surface area contributed by atoms with Crippen molar-refractivity contribution in [2.45, 2.75) is 56.8 Å². The number of hydrogen-bond acceptors (Lipinski definition) is 11. The first-order chi connectivity index (χ1) is 19.2. The first-order valence-corrected chi connectivity index (χ1v) is 13.7. The molecule has 0 saturated carbocycles. The summed E-state index contributed by atoms with van der Waals surface area (Å²) in [5.41, 5.74) is -1.22. The fourth-order valence-electron chi connectivity index (χ4n) is 6.65. The normalized spacial score (nSPS) is 30.5. The van der Waals surface area contributed by atoms with E-state index in [0.717, 1.165) is 0 Å². The van der Waals surface area contributed by atoms with Crippen LogP contribution in [0.5, 0.6) is 17.2 Å². The maximum atomic E-state index is 13.5. The van der Waals surface area contributed by atoms with Crippen LogP contribution >= 0.6 is 0 Å². The molecule has 0 aromatic heterocycles. The van der Waals surface area contributed by atoms with Gasteiger partial charge in [-0.15, -0.1) is 0 Å². The van der Waals surface area contributed by atoms with Gasteiger partial charge in [0.2, 0.25) is 5.78 Å². The number of hydrogen-bond donors (Lipinski definition) is 5. The molecule has 2 unspecified atom stereocenters. The highest BCUT2D eigenvalue weighted by Gasteiger charge is 2.46. The van der Waals surface area contributed by atoms with Crippen LogP contribution in [0.2, 0.25) is 0 Å². The van der Waals surface area contributed by atoms with E-state index in [9.17, 15) is 35.1 Å². The highest BCUT2D eigenvalue weighted by Crippen LogP contribution is 2.55. The van der Waals surface area contributed by atoms with E-state index in [-0.39, 0.29) is 47.2 Å². The van der Waals surface area contributed by atoms with E-state index in [1.165, 1.54) is 18.2 Å². The van der Waals surface area contributed by atoms with Crippen LogP contribution in [0.25, 0.3) is 0 Å². The fourth-order valence-corrected chi connectivity index (χ4v) is 6.65. The van der Waals surface area contributed by atoms with Gasteiger partial charge in [0, 0.05) is 42.2 Å². The second-order valence-electron chi connectivity index (χ2n) is 10.9. The van der Waals surface area contributed by atoms with E-state index in [4.69, 9.17) is 14.2 Å². The molecule has 6 atom stereocenters. The lowest BCUT2D eigenvalue weighted by atomic mass is 9.72. The summed E-state index contributed by atoms with van der Waals surface area (Å²) in [4.78, 5) is 29.1. The second-order valence-corrected chi connectivity index (χ2v) is 10.9. The van der Waals surface area contributed by atoms with Gasteiger partial charge < -0.3 is 39.7 Å². The Kier molecular flexibility index (Phi) is 7.06. The summed E-state index contributed by atoms with van der Waals surface area (Å²) in [6.45, 7) is 4.36. The van der Waals surface area contributed by atoms with Crippen LogP contribution in [-0.4, -0.2) is 93.3 Å². The minimum atomic E-state index is -1.22. The van der Waals surface area contributed by atoms with Crippen molar-refractivity contribution in [1.29, 1.82) is 0 Å². The molecule has 11 heteroatoms. The average molecular weight is 556 g/mol. The Morgan fingerprint density at radius 2 is 1.65 bits per heavy atom. The molecule has 2 heterocycles. The maximum Gasteiger partial charge on any atom is 0.202 e. The summed E-state index contributed by atoms with van der Waals surface area (Å²) in [5, 5.41) is 55.2. The van der Waals surface area contributed by atoms with Gasteiger partial charge in [-0.25, -0.2) is 0 Å². The number of aliphatic hydroxyl groups excluding tert-OH is 2. The SMILES string of the molecule is CC[C@H]1C[C@H](OC2CC(N3CCOCC3)[C@H](O)CO2)c2c(O)c3c(c(O)c2[C@H]1O)C(=O)c1cccc(O)c1C3=O. The smallest absolute Gasteiger partial charge is 0.202 e. The predicted molar refractivity (Wildman–Crippen MR) is 138 cm³/mol. The highest BCUT2D eigenvalue weighted by molar-refractivity contribution is 6.31. The molecule has 0 spiro atoms. The van der Waals surface area contributed by atoms with Gasteiger partial charge in [-0.2, -0.15) is 0 Å². The number of aromatic hydroxyl groups is 3. The number of nitrogens with zero attached hydrogens (tertiary/aromatic N) is 1. The molecule has 5 N–H and O–H groups in total. The van der Waals surface area contributed by atoms with Crippen molar-refractivity contribution in [1.82, 2.24) is 4.90 Å². The van der Waals surface area contributed by atoms with Crippen molar-refractivity contribution in [3.63, 3.8) is 0 Å². The van der Waals surface area contributed by atoms with Gasteiger partial charge in [0.1, 0.15) is 17.2 Å². The monoisotopic (exact) mass is 555 g/mol. The number of benzene rings is 2. The van der Waals surface area contributed by atoms with Crippen LogP contribution in [0.15, 0.2) is 18.2 Å². The van der Waals surface area contributed by atoms with Gasteiger partial charge in [-0.3, -0.25) is 14.5 Å². The molecule has 6 rings (SSSR count). The number of ether oxygens (including phenoxy) is 3. The minimum absolute atomic E-state index is 0.0196. The van der Waals surface area contributed by atoms with Crippen LogP contribution in [-0.2, 0) is 14.2 Å². The highest BCUT2D eigenvalue weighted by atomic mass is 16.7.